The van der Waals surface area contributed by atoms with Crippen molar-refractivity contribution in [2.75, 3.05) is 29.5 Å². The van der Waals surface area contributed by atoms with E-state index >= 15 is 4.79 Å². The van der Waals surface area contributed by atoms with Gasteiger partial charge in [0.05, 0.1) is 40.8 Å². The molecule has 1 spiro atoms. The highest BCUT2D eigenvalue weighted by Gasteiger charge is 2.79. The molecule has 1 N–H and O–H groups in total. The lowest BCUT2D eigenvalue weighted by Crippen LogP contribution is -2.60. The van der Waals surface area contributed by atoms with Crippen LogP contribution in [0.25, 0.3) is 0 Å². The third kappa shape index (κ3) is 5.19. The predicted octanol–water partition coefficient (Wildman–Crippen LogP) is 5.95. The molecule has 5 rings (SSSR count). The number of para-hydroxylation sites is 2. The van der Waals surface area contributed by atoms with E-state index in [1.54, 1.807) is 32.9 Å². The Kier molecular flexibility index (Phi) is 9.83. The summed E-state index contributed by atoms with van der Waals surface area (Å²) in [5, 5.41) is 11.2. The topological polar surface area (TPSA) is 90.4 Å². The monoisotopic (exact) mass is 647 g/mol. The van der Waals surface area contributed by atoms with E-state index in [1.807, 2.05) is 70.2 Å². The van der Waals surface area contributed by atoms with Crippen LogP contribution in [0.4, 0.5) is 11.4 Å². The van der Waals surface area contributed by atoms with Gasteiger partial charge in [0.15, 0.2) is 0 Å². The second kappa shape index (κ2) is 13.3. The molecule has 8 nitrogen and oxygen atoms in total. The van der Waals surface area contributed by atoms with Crippen LogP contribution in [0.15, 0.2) is 73.8 Å². The van der Waals surface area contributed by atoms with Crippen LogP contribution in [0.2, 0.25) is 5.02 Å². The minimum absolute atomic E-state index is 0.123. The maximum Gasteiger partial charge on any atom is 0.253 e. The number of aliphatic hydroxyl groups is 1. The Bertz CT molecular complexity index is 1480. The number of amides is 3. The van der Waals surface area contributed by atoms with E-state index in [1.165, 1.54) is 0 Å². The molecule has 0 aliphatic carbocycles. The molecule has 2 aromatic rings. The number of nitrogens with zero attached hydrogens (tertiary/aromatic N) is 3. The third-order valence-corrected chi connectivity index (χ3v) is 11.0. The first-order valence-electron chi connectivity index (χ1n) is 16.3. The molecule has 0 saturated carbocycles. The van der Waals surface area contributed by atoms with Crippen LogP contribution in [0, 0.1) is 24.7 Å². The zero-order chi connectivity index (χ0) is 33.4. The highest BCUT2D eigenvalue weighted by Crippen LogP contribution is 2.65. The van der Waals surface area contributed by atoms with Gasteiger partial charge in [0.25, 0.3) is 5.91 Å². The predicted molar refractivity (Wildman–Crippen MR) is 182 cm³/mol. The summed E-state index contributed by atoms with van der Waals surface area (Å²) in [5.74, 6) is -2.77. The molecule has 2 unspecified atom stereocenters. The molecule has 0 radical (unpaired) electrons. The molecule has 7 atom stereocenters. The number of anilines is 2. The van der Waals surface area contributed by atoms with Crippen LogP contribution in [0.3, 0.4) is 0 Å². The average molecular weight is 648 g/mol. The number of carbonyl (C=O) groups excluding carboxylic acids is 3. The summed E-state index contributed by atoms with van der Waals surface area (Å²) in [4.78, 5) is 49.7. The smallest absolute Gasteiger partial charge is 0.253 e. The maximum atomic E-state index is 15.1. The lowest BCUT2D eigenvalue weighted by molar-refractivity contribution is -0.150. The number of fused-ring (bicyclic) bond motifs is 1. The van der Waals surface area contributed by atoms with Crippen LogP contribution in [0.1, 0.15) is 52.0 Å². The summed E-state index contributed by atoms with van der Waals surface area (Å²) in [6.45, 7) is 15.7. The summed E-state index contributed by atoms with van der Waals surface area (Å²) in [7, 11) is 0. The molecule has 2 aromatic carbocycles. The van der Waals surface area contributed by atoms with Gasteiger partial charge >= 0.3 is 0 Å². The van der Waals surface area contributed by atoms with Gasteiger partial charge in [-0.2, -0.15) is 0 Å². The van der Waals surface area contributed by atoms with Gasteiger partial charge in [-0.3, -0.25) is 14.4 Å². The number of halogens is 1. The minimum atomic E-state index is -1.27. The first-order chi connectivity index (χ1) is 22.1. The van der Waals surface area contributed by atoms with Gasteiger partial charge in [-0.1, -0.05) is 81.3 Å². The molecule has 3 saturated heterocycles. The molecule has 246 valence electrons. The molecular formula is C37H46ClN3O5. The molecule has 3 fully saturated rings. The van der Waals surface area contributed by atoms with Gasteiger partial charge in [0, 0.05) is 18.8 Å². The van der Waals surface area contributed by atoms with Gasteiger partial charge in [-0.15, -0.1) is 13.2 Å². The van der Waals surface area contributed by atoms with Gasteiger partial charge < -0.3 is 24.5 Å². The summed E-state index contributed by atoms with van der Waals surface area (Å²) in [6.07, 6.45) is 5.44. The molecule has 46 heavy (non-hydrogen) atoms. The number of aliphatic hydroxyl groups excluding tert-OH is 1. The van der Waals surface area contributed by atoms with E-state index in [9.17, 15) is 14.7 Å². The SMILES string of the molecule is C=CCN(C(=O)[C@H]1[C@H]2C(=O)N([C@@H](CO)[C@@H](C)CC)C(C(=O)N(CC=C)c3c(C)cccc3Cl)C23CC[C@]1(CC)O3)c1ccccc1. The third-order valence-electron chi connectivity index (χ3n) is 10.6. The van der Waals surface area contributed by atoms with Crippen molar-refractivity contribution in [1.29, 1.82) is 0 Å². The highest BCUT2D eigenvalue weighted by atomic mass is 35.5. The number of ether oxygens (including phenoxy) is 1. The first kappa shape index (κ1) is 33.9. The van der Waals surface area contributed by atoms with Crippen molar-refractivity contribution in [2.24, 2.45) is 17.8 Å². The molecule has 3 amide bonds. The van der Waals surface area contributed by atoms with Crippen LogP contribution >= 0.6 is 11.6 Å². The number of carbonyl (C=O) groups is 3. The van der Waals surface area contributed by atoms with Crippen LogP contribution in [0.5, 0.6) is 0 Å². The largest absolute Gasteiger partial charge is 0.394 e. The fourth-order valence-electron chi connectivity index (χ4n) is 8.24. The first-order valence-corrected chi connectivity index (χ1v) is 16.7. The van der Waals surface area contributed by atoms with Crippen molar-refractivity contribution >= 4 is 40.7 Å². The molecule has 2 bridgehead atoms. The van der Waals surface area contributed by atoms with Gasteiger partial charge in [0.1, 0.15) is 11.6 Å². The van der Waals surface area contributed by atoms with E-state index in [0.717, 1.165) is 5.56 Å². The van der Waals surface area contributed by atoms with Gasteiger partial charge in [-0.25, -0.2) is 0 Å². The normalized spacial score (nSPS) is 27.7. The zero-order valence-corrected chi connectivity index (χ0v) is 28.1. The van der Waals surface area contributed by atoms with E-state index in [4.69, 9.17) is 16.3 Å². The second-order valence-electron chi connectivity index (χ2n) is 12.9. The summed E-state index contributed by atoms with van der Waals surface area (Å²) < 4.78 is 7.06. The maximum absolute atomic E-state index is 15.1. The van der Waals surface area contributed by atoms with Crippen molar-refractivity contribution in [2.45, 2.75) is 76.7 Å². The average Bonchev–Trinajstić information content (AvgIpc) is 3.67. The second-order valence-corrected chi connectivity index (χ2v) is 13.3. The lowest BCUT2D eigenvalue weighted by atomic mass is 9.64. The van der Waals surface area contributed by atoms with Crippen LogP contribution < -0.4 is 9.80 Å². The number of rotatable bonds is 13. The fourth-order valence-corrected chi connectivity index (χ4v) is 8.57. The highest BCUT2D eigenvalue weighted by molar-refractivity contribution is 6.34. The molecule has 3 aliphatic rings. The van der Waals surface area contributed by atoms with E-state index in [2.05, 4.69) is 13.2 Å². The van der Waals surface area contributed by atoms with Crippen molar-refractivity contribution in [3.05, 3.63) is 84.4 Å². The Hall–Kier alpha value is -3.46. The molecule has 0 aromatic heterocycles. The number of likely N-dealkylation sites (tertiary alicyclic amines) is 1. The lowest BCUT2D eigenvalue weighted by Gasteiger charge is -2.41. The number of hydrogen-bond donors (Lipinski definition) is 1. The van der Waals surface area contributed by atoms with Crippen molar-refractivity contribution in [3.8, 4) is 0 Å². The van der Waals surface area contributed by atoms with Crippen molar-refractivity contribution in [1.82, 2.24) is 4.90 Å². The Balaban J connectivity index is 1.70. The minimum Gasteiger partial charge on any atom is -0.394 e. The van der Waals surface area contributed by atoms with Gasteiger partial charge in [0.2, 0.25) is 11.8 Å². The quantitative estimate of drug-likeness (QED) is 0.272. The molecule has 3 aliphatic heterocycles. The Morgan fingerprint density at radius 3 is 2.33 bits per heavy atom. The zero-order valence-electron chi connectivity index (χ0n) is 27.3. The Morgan fingerprint density at radius 1 is 1.07 bits per heavy atom. The number of hydrogen-bond acceptors (Lipinski definition) is 5. The Morgan fingerprint density at radius 2 is 1.74 bits per heavy atom. The summed E-state index contributed by atoms with van der Waals surface area (Å²) in [6, 6.07) is 13.1. The van der Waals surface area contributed by atoms with Gasteiger partial charge in [-0.05, 0) is 55.9 Å². The summed E-state index contributed by atoms with van der Waals surface area (Å²) >= 11 is 6.72. The molecule has 9 heteroatoms. The van der Waals surface area contributed by atoms with Crippen molar-refractivity contribution < 1.29 is 24.2 Å². The number of aryl methyl sites for hydroxylation is 1. The molecule has 3 heterocycles. The number of benzene rings is 2. The van der Waals surface area contributed by atoms with Crippen LogP contribution in [-0.4, -0.2) is 70.7 Å². The van der Waals surface area contributed by atoms with E-state index in [0.29, 0.717) is 42.1 Å². The summed E-state index contributed by atoms with van der Waals surface area (Å²) in [5.41, 5.74) is -0.158. The van der Waals surface area contributed by atoms with E-state index < -0.39 is 35.1 Å². The van der Waals surface area contributed by atoms with E-state index in [-0.39, 0.29) is 43.3 Å². The standard InChI is InChI=1S/C37H46ClN3O5/c1-7-21-39(26-16-12-11-13-17-26)33(43)29-30-34(44)41(28(23-42)24(5)9-3)32(37(30)20-19-36(29,10-4)46-37)35(45)40(22-8-2)31-25(6)15-14-18-27(31)38/h7-8,11-18,24,28-30,32,42H,1-2,9-10,19-23H2,3-6H3/t24-,28-,29+,30-,32?,36-,37?/m0/s1. The molecular weight excluding hydrogens is 602 g/mol. The Labute approximate surface area is 277 Å². The fraction of sp³-hybridized carbons (Fsp3) is 0.486. The van der Waals surface area contributed by atoms with Crippen molar-refractivity contribution in [3.63, 3.8) is 0 Å². The van der Waals surface area contributed by atoms with Crippen LogP contribution in [-0.2, 0) is 19.1 Å².